The largest absolute Gasteiger partial charge is 0.419 e. The molecule has 2 aromatic carbocycles. The maximum absolute atomic E-state index is 13.7. The summed E-state index contributed by atoms with van der Waals surface area (Å²) in [6.45, 7) is -0.0127. The van der Waals surface area contributed by atoms with Crippen molar-refractivity contribution < 1.29 is 26.0 Å². The van der Waals surface area contributed by atoms with Crippen molar-refractivity contribution in [2.45, 2.75) is 23.2 Å². The van der Waals surface area contributed by atoms with E-state index in [1.807, 2.05) is 0 Å². The lowest BCUT2D eigenvalue weighted by Crippen LogP contribution is -2.32. The lowest BCUT2D eigenvalue weighted by Gasteiger charge is -2.22. The molecule has 0 unspecified atom stereocenters. The molecule has 1 aliphatic rings. The second-order valence-corrected chi connectivity index (χ2v) is 10.1. The molecule has 0 bridgehead atoms. The highest BCUT2D eigenvalue weighted by atomic mass is 35.5. The van der Waals surface area contributed by atoms with E-state index in [9.17, 15) is 26.0 Å². The predicted octanol–water partition coefficient (Wildman–Crippen LogP) is 4.50. The Morgan fingerprint density at radius 1 is 1.15 bits per heavy atom. The summed E-state index contributed by atoms with van der Waals surface area (Å²) < 4.78 is 82.2. The number of halogens is 5. The molecule has 1 saturated heterocycles. The van der Waals surface area contributed by atoms with Gasteiger partial charge in [-0.25, -0.2) is 17.8 Å². The fourth-order valence-electron chi connectivity index (χ4n) is 3.90. The monoisotopic (exact) mass is 502 g/mol. The number of hydrogen-bond donors (Lipinski definition) is 1. The van der Waals surface area contributed by atoms with Crippen molar-refractivity contribution in [2.24, 2.45) is 7.05 Å². The number of imidazole rings is 1. The van der Waals surface area contributed by atoms with Crippen molar-refractivity contribution in [1.82, 2.24) is 13.9 Å². The zero-order chi connectivity index (χ0) is 24.0. The number of rotatable bonds is 5. The summed E-state index contributed by atoms with van der Waals surface area (Å²) in [5.74, 6) is -1.86. The molecule has 1 aliphatic heterocycles. The van der Waals surface area contributed by atoms with Crippen LogP contribution in [0.5, 0.6) is 0 Å². The first-order chi connectivity index (χ1) is 15.5. The minimum Gasteiger partial charge on any atom is -0.380 e. The average molecular weight is 503 g/mol. The molecule has 6 nitrogen and oxygen atoms in total. The summed E-state index contributed by atoms with van der Waals surface area (Å²) in [6.07, 6.45) is -2.13. The highest BCUT2D eigenvalue weighted by Crippen LogP contribution is 2.38. The molecule has 1 N–H and O–H groups in total. The van der Waals surface area contributed by atoms with E-state index >= 15 is 0 Å². The molecule has 0 radical (unpaired) electrons. The van der Waals surface area contributed by atoms with Gasteiger partial charge in [-0.2, -0.15) is 17.5 Å². The third-order valence-electron chi connectivity index (χ3n) is 5.50. The van der Waals surface area contributed by atoms with Gasteiger partial charge < -0.3 is 9.88 Å². The van der Waals surface area contributed by atoms with Gasteiger partial charge in [-0.1, -0.05) is 29.8 Å². The molecule has 0 saturated carbocycles. The normalized spacial score (nSPS) is 19.7. The first-order valence-corrected chi connectivity index (χ1v) is 11.6. The van der Waals surface area contributed by atoms with E-state index in [0.717, 1.165) is 6.07 Å². The van der Waals surface area contributed by atoms with E-state index < -0.39 is 39.5 Å². The molecule has 3 aromatic rings. The van der Waals surface area contributed by atoms with E-state index in [-0.39, 0.29) is 23.8 Å². The lowest BCUT2D eigenvalue weighted by atomic mass is 9.94. The Labute approximate surface area is 192 Å². The molecule has 12 heteroatoms. The van der Waals surface area contributed by atoms with Crippen molar-refractivity contribution >= 4 is 27.3 Å². The van der Waals surface area contributed by atoms with Crippen molar-refractivity contribution in [3.63, 3.8) is 0 Å². The summed E-state index contributed by atoms with van der Waals surface area (Å²) in [7, 11) is -2.32. The van der Waals surface area contributed by atoms with Crippen LogP contribution in [-0.4, -0.2) is 41.4 Å². The van der Waals surface area contributed by atoms with Gasteiger partial charge >= 0.3 is 6.18 Å². The molecule has 33 heavy (non-hydrogen) atoms. The van der Waals surface area contributed by atoms with Crippen LogP contribution in [0.4, 0.5) is 23.2 Å². The average Bonchev–Trinajstić information content (AvgIpc) is 3.36. The highest BCUT2D eigenvalue weighted by Gasteiger charge is 2.42. The van der Waals surface area contributed by atoms with Crippen LogP contribution in [0.15, 0.2) is 60.0 Å². The standard InChI is InChI=1S/C21H19ClF4N4O2S/c1-29-11-20(27-12-29)33(31,32)30-9-15(14-4-2-3-5-17(14)22)19(10-30)28-13-6-7-18(23)16(8-13)21(24,25)26/h2-8,11-12,15,19,28H,9-10H2,1H3/t15-,19+/m0/s1. The Morgan fingerprint density at radius 2 is 1.88 bits per heavy atom. The minimum absolute atomic E-state index is 0.0165. The Bertz CT molecular complexity index is 1280. The fraction of sp³-hybridized carbons (Fsp3) is 0.286. The Morgan fingerprint density at radius 3 is 2.52 bits per heavy atom. The van der Waals surface area contributed by atoms with Crippen molar-refractivity contribution in [2.75, 3.05) is 18.4 Å². The van der Waals surface area contributed by atoms with Crippen LogP contribution in [0.3, 0.4) is 0 Å². The zero-order valence-electron chi connectivity index (χ0n) is 17.2. The molecule has 0 aliphatic carbocycles. The summed E-state index contributed by atoms with van der Waals surface area (Å²) in [6, 6.07) is 8.82. The third-order valence-corrected chi connectivity index (χ3v) is 7.56. The second kappa shape index (κ2) is 8.62. The van der Waals surface area contributed by atoms with E-state index in [4.69, 9.17) is 11.6 Å². The summed E-state index contributed by atoms with van der Waals surface area (Å²) >= 11 is 6.35. The summed E-state index contributed by atoms with van der Waals surface area (Å²) in [5, 5.41) is 3.23. The number of anilines is 1. The molecule has 2 heterocycles. The molecule has 1 aromatic heterocycles. The number of hydrogen-bond acceptors (Lipinski definition) is 4. The molecule has 0 amide bonds. The van der Waals surface area contributed by atoms with Crippen LogP contribution < -0.4 is 5.32 Å². The van der Waals surface area contributed by atoms with Gasteiger partial charge in [0, 0.05) is 49.0 Å². The van der Waals surface area contributed by atoms with E-state index in [1.165, 1.54) is 27.5 Å². The lowest BCUT2D eigenvalue weighted by molar-refractivity contribution is -0.139. The first kappa shape index (κ1) is 23.5. The van der Waals surface area contributed by atoms with Gasteiger partial charge in [-0.15, -0.1) is 0 Å². The van der Waals surface area contributed by atoms with Crippen LogP contribution in [0.25, 0.3) is 0 Å². The number of nitrogens with zero attached hydrogens (tertiary/aromatic N) is 3. The summed E-state index contributed by atoms with van der Waals surface area (Å²) in [5.41, 5.74) is -0.742. The molecule has 2 atom stereocenters. The number of benzene rings is 2. The topological polar surface area (TPSA) is 67.2 Å². The van der Waals surface area contributed by atoms with Gasteiger partial charge in [0.25, 0.3) is 10.0 Å². The van der Waals surface area contributed by atoms with Crippen LogP contribution in [-0.2, 0) is 23.2 Å². The fourth-order valence-corrected chi connectivity index (χ4v) is 5.64. The van der Waals surface area contributed by atoms with Gasteiger partial charge in [0.15, 0.2) is 5.03 Å². The SMILES string of the molecule is Cn1cnc(S(=O)(=O)N2C[C@@H](Nc3ccc(F)c(C(F)(F)F)c3)[C@H](c3ccccc3Cl)C2)c1. The van der Waals surface area contributed by atoms with Crippen molar-refractivity contribution in [3.05, 3.63) is 77.0 Å². The van der Waals surface area contributed by atoms with Crippen LogP contribution in [0, 0.1) is 5.82 Å². The van der Waals surface area contributed by atoms with Crippen molar-refractivity contribution in [3.8, 4) is 0 Å². The number of alkyl halides is 3. The third kappa shape index (κ3) is 4.71. The summed E-state index contributed by atoms with van der Waals surface area (Å²) in [4.78, 5) is 3.92. The quantitative estimate of drug-likeness (QED) is 0.522. The second-order valence-electron chi connectivity index (χ2n) is 7.77. The maximum Gasteiger partial charge on any atom is 0.419 e. The zero-order valence-corrected chi connectivity index (χ0v) is 18.8. The highest BCUT2D eigenvalue weighted by molar-refractivity contribution is 7.89. The van der Waals surface area contributed by atoms with Crippen LogP contribution >= 0.6 is 11.6 Å². The molecule has 176 valence electrons. The number of aryl methyl sites for hydroxylation is 1. The predicted molar refractivity (Wildman–Crippen MR) is 115 cm³/mol. The van der Waals surface area contributed by atoms with Crippen LogP contribution in [0.2, 0.25) is 5.02 Å². The Balaban J connectivity index is 1.69. The Hall–Kier alpha value is -2.63. The molecule has 0 spiro atoms. The number of nitrogens with one attached hydrogen (secondary N) is 1. The molecule has 1 fully saturated rings. The minimum atomic E-state index is -4.87. The smallest absolute Gasteiger partial charge is 0.380 e. The van der Waals surface area contributed by atoms with Gasteiger partial charge in [-0.3, -0.25) is 0 Å². The van der Waals surface area contributed by atoms with Crippen molar-refractivity contribution in [1.29, 1.82) is 0 Å². The number of aromatic nitrogens is 2. The van der Waals surface area contributed by atoms with Gasteiger partial charge in [-0.05, 0) is 29.8 Å². The molecular formula is C21H19ClF4N4O2S. The Kier molecular flexibility index (Phi) is 6.14. The number of sulfonamides is 1. The van der Waals surface area contributed by atoms with E-state index in [1.54, 1.807) is 31.3 Å². The van der Waals surface area contributed by atoms with E-state index in [2.05, 4.69) is 10.3 Å². The molecule has 4 rings (SSSR count). The van der Waals surface area contributed by atoms with Gasteiger partial charge in [0.2, 0.25) is 0 Å². The van der Waals surface area contributed by atoms with Gasteiger partial charge in [0.05, 0.1) is 11.9 Å². The van der Waals surface area contributed by atoms with Crippen LogP contribution in [0.1, 0.15) is 17.0 Å². The maximum atomic E-state index is 13.7. The molecular weight excluding hydrogens is 484 g/mol. The van der Waals surface area contributed by atoms with E-state index in [0.29, 0.717) is 16.7 Å². The first-order valence-electron chi connectivity index (χ1n) is 9.82. The van der Waals surface area contributed by atoms with Gasteiger partial charge in [0.1, 0.15) is 5.82 Å².